The Morgan fingerprint density at radius 1 is 1.09 bits per heavy atom. The molecule has 176 valence electrons. The number of piperazine rings is 1. The van der Waals surface area contributed by atoms with Crippen molar-refractivity contribution in [2.75, 3.05) is 45.3 Å². The molecule has 0 bridgehead atoms. The van der Waals surface area contributed by atoms with Gasteiger partial charge in [0.25, 0.3) is 0 Å². The van der Waals surface area contributed by atoms with Gasteiger partial charge in [-0.15, -0.1) is 11.3 Å². The molecule has 0 amide bonds. The third-order valence-corrected chi connectivity index (χ3v) is 8.43. The Balaban J connectivity index is 1.44. The molecular weight excluding hydrogens is 489 g/mol. The maximum absolute atomic E-state index is 13.6. The highest BCUT2D eigenvalue weighted by Crippen LogP contribution is 2.32. The van der Waals surface area contributed by atoms with Crippen LogP contribution < -0.4 is 14.4 Å². The lowest BCUT2D eigenvalue weighted by Crippen LogP contribution is -2.48. The van der Waals surface area contributed by atoms with Crippen LogP contribution >= 0.6 is 22.9 Å². The van der Waals surface area contributed by atoms with Gasteiger partial charge in [0, 0.05) is 49.1 Å². The lowest BCUT2D eigenvalue weighted by atomic mass is 10.1. The molecule has 0 spiro atoms. The quantitative estimate of drug-likeness (QED) is 0.476. The first-order chi connectivity index (χ1) is 15.8. The summed E-state index contributed by atoms with van der Waals surface area (Å²) in [5.74, 6) is 0.348. The number of sulfonamides is 1. The minimum atomic E-state index is -3.75. The summed E-state index contributed by atoms with van der Waals surface area (Å²) in [6.07, 6.45) is 0.470. The average Bonchev–Trinajstić information content (AvgIpc) is 3.26. The van der Waals surface area contributed by atoms with Crippen molar-refractivity contribution in [1.82, 2.24) is 9.29 Å². The Hall–Kier alpha value is -2.40. The number of anilines is 1. The van der Waals surface area contributed by atoms with Crippen molar-refractivity contribution in [2.24, 2.45) is 0 Å². The van der Waals surface area contributed by atoms with Gasteiger partial charge in [-0.05, 0) is 35.9 Å². The molecule has 0 N–H and O–H groups in total. The Kier molecular flexibility index (Phi) is 7.08. The zero-order chi connectivity index (χ0) is 23.6. The van der Waals surface area contributed by atoms with Gasteiger partial charge < -0.3 is 14.4 Å². The summed E-state index contributed by atoms with van der Waals surface area (Å²) in [5, 5.41) is 3.09. The minimum Gasteiger partial charge on any atom is -0.497 e. The summed E-state index contributed by atoms with van der Waals surface area (Å²) >= 11 is 7.42. The molecule has 0 saturated carbocycles. The fraction of sp³-hybridized carbons (Fsp3) is 0.318. The first-order valence-electron chi connectivity index (χ1n) is 10.2. The summed E-state index contributed by atoms with van der Waals surface area (Å²) in [7, 11) is -0.821. The molecule has 0 atom stereocenters. The smallest absolute Gasteiger partial charge is 0.247 e. The summed E-state index contributed by atoms with van der Waals surface area (Å²) in [4.78, 5) is 6.80. The van der Waals surface area contributed by atoms with Crippen LogP contribution in [0.3, 0.4) is 0 Å². The van der Waals surface area contributed by atoms with Gasteiger partial charge in [0.15, 0.2) is 5.13 Å². The molecule has 3 aromatic rings. The molecule has 33 heavy (non-hydrogen) atoms. The molecule has 1 fully saturated rings. The second kappa shape index (κ2) is 9.84. The van der Waals surface area contributed by atoms with Crippen molar-refractivity contribution in [3.63, 3.8) is 0 Å². The molecular formula is C22H23ClFN3O4S2. The van der Waals surface area contributed by atoms with E-state index in [4.69, 9.17) is 21.1 Å². The average molecular weight is 512 g/mol. The van der Waals surface area contributed by atoms with Crippen molar-refractivity contribution in [3.8, 4) is 11.5 Å². The molecule has 4 rings (SSSR count). The highest BCUT2D eigenvalue weighted by molar-refractivity contribution is 7.89. The predicted molar refractivity (Wildman–Crippen MR) is 127 cm³/mol. The topological polar surface area (TPSA) is 72.0 Å². The van der Waals surface area contributed by atoms with Crippen molar-refractivity contribution < 1.29 is 22.3 Å². The number of thiazole rings is 1. The monoisotopic (exact) mass is 511 g/mol. The van der Waals surface area contributed by atoms with Crippen molar-refractivity contribution in [1.29, 1.82) is 0 Å². The molecule has 2 heterocycles. The van der Waals surface area contributed by atoms with Crippen LogP contribution in [0.1, 0.15) is 11.3 Å². The molecule has 0 radical (unpaired) electrons. The van der Waals surface area contributed by atoms with E-state index in [9.17, 15) is 12.8 Å². The van der Waals surface area contributed by atoms with Crippen molar-refractivity contribution in [3.05, 3.63) is 63.9 Å². The maximum Gasteiger partial charge on any atom is 0.247 e. The van der Waals surface area contributed by atoms with Crippen molar-refractivity contribution in [2.45, 2.75) is 11.3 Å². The zero-order valence-corrected chi connectivity index (χ0v) is 20.5. The second-order valence-electron chi connectivity index (χ2n) is 7.48. The second-order valence-corrected chi connectivity index (χ2v) is 10.7. The van der Waals surface area contributed by atoms with Crippen LogP contribution in [0.4, 0.5) is 9.52 Å². The molecule has 7 nitrogen and oxygen atoms in total. The number of halogens is 2. The molecule has 1 aromatic heterocycles. The number of hydrogen-bond donors (Lipinski definition) is 0. The van der Waals surface area contributed by atoms with Crippen LogP contribution in [-0.2, 0) is 16.4 Å². The van der Waals surface area contributed by atoms with E-state index in [1.165, 1.54) is 48.1 Å². The molecule has 0 unspecified atom stereocenters. The number of rotatable bonds is 7. The highest BCUT2D eigenvalue weighted by Gasteiger charge is 2.32. The number of ether oxygens (including phenoxy) is 2. The van der Waals surface area contributed by atoms with E-state index >= 15 is 0 Å². The van der Waals surface area contributed by atoms with E-state index < -0.39 is 10.0 Å². The summed E-state index contributed by atoms with van der Waals surface area (Å²) in [6, 6.07) is 9.17. The Morgan fingerprint density at radius 3 is 2.52 bits per heavy atom. The van der Waals surface area contributed by atoms with E-state index in [-0.39, 0.29) is 16.5 Å². The zero-order valence-electron chi connectivity index (χ0n) is 18.1. The Labute approximate surface area is 201 Å². The van der Waals surface area contributed by atoms with Gasteiger partial charge in [-0.2, -0.15) is 4.31 Å². The Morgan fingerprint density at radius 2 is 1.85 bits per heavy atom. The largest absolute Gasteiger partial charge is 0.497 e. The van der Waals surface area contributed by atoms with Crippen LogP contribution in [0.5, 0.6) is 11.5 Å². The maximum atomic E-state index is 13.6. The lowest BCUT2D eigenvalue weighted by molar-refractivity contribution is 0.370. The third-order valence-electron chi connectivity index (χ3n) is 5.34. The number of aromatic nitrogens is 1. The first kappa shape index (κ1) is 23.7. The van der Waals surface area contributed by atoms with E-state index in [1.807, 2.05) is 5.38 Å². The normalized spacial score (nSPS) is 15.0. The minimum absolute atomic E-state index is 0.0862. The molecule has 0 aliphatic carbocycles. The number of hydrogen-bond acceptors (Lipinski definition) is 7. The van der Waals surface area contributed by atoms with Crippen LogP contribution in [0.2, 0.25) is 5.02 Å². The summed E-state index contributed by atoms with van der Waals surface area (Å²) in [5.41, 5.74) is 1.56. The van der Waals surface area contributed by atoms with Gasteiger partial charge in [0.1, 0.15) is 22.2 Å². The van der Waals surface area contributed by atoms with Gasteiger partial charge in [0.05, 0.1) is 19.9 Å². The van der Waals surface area contributed by atoms with Gasteiger partial charge in [-0.3, -0.25) is 0 Å². The van der Waals surface area contributed by atoms with Gasteiger partial charge >= 0.3 is 0 Å². The van der Waals surface area contributed by atoms with E-state index in [2.05, 4.69) is 9.88 Å². The van der Waals surface area contributed by atoms with Crippen molar-refractivity contribution >= 4 is 38.1 Å². The number of nitrogens with zero attached hydrogens (tertiary/aromatic N) is 3. The van der Waals surface area contributed by atoms with Crippen LogP contribution in [0, 0.1) is 5.82 Å². The van der Waals surface area contributed by atoms with Crippen LogP contribution in [0.25, 0.3) is 0 Å². The van der Waals surface area contributed by atoms with E-state index in [0.29, 0.717) is 43.4 Å². The van der Waals surface area contributed by atoms with E-state index in [1.54, 1.807) is 18.2 Å². The van der Waals surface area contributed by atoms with Gasteiger partial charge in [-0.1, -0.05) is 11.6 Å². The van der Waals surface area contributed by atoms with Gasteiger partial charge in [-0.25, -0.2) is 17.8 Å². The molecule has 11 heteroatoms. The molecule has 1 aliphatic rings. The number of benzene rings is 2. The Bertz CT molecular complexity index is 1220. The summed E-state index contributed by atoms with van der Waals surface area (Å²) in [6.45, 7) is 1.64. The lowest BCUT2D eigenvalue weighted by Gasteiger charge is -2.34. The van der Waals surface area contributed by atoms with Crippen LogP contribution in [-0.4, -0.2) is 58.1 Å². The number of methoxy groups -OCH3 is 2. The first-order valence-corrected chi connectivity index (χ1v) is 12.9. The predicted octanol–water partition coefficient (Wildman–Crippen LogP) is 4.05. The molecule has 1 aliphatic heterocycles. The third kappa shape index (κ3) is 5.24. The van der Waals surface area contributed by atoms with Gasteiger partial charge in [0.2, 0.25) is 10.0 Å². The van der Waals surface area contributed by atoms with E-state index in [0.717, 1.165) is 16.4 Å². The highest BCUT2D eigenvalue weighted by atomic mass is 35.5. The molecule has 2 aromatic carbocycles. The fourth-order valence-corrected chi connectivity index (χ4v) is 6.41. The SMILES string of the molecule is COc1ccc(OC)c(S(=O)(=O)N2CCN(c3nc(Cc4cc(F)cc(Cl)c4)cs3)CC2)c1. The van der Waals surface area contributed by atoms with Crippen LogP contribution in [0.15, 0.2) is 46.7 Å². The fourth-order valence-electron chi connectivity index (χ4n) is 3.69. The standard InChI is InChI=1S/C22H23ClFN3O4S2/c1-30-19-3-4-20(31-2)21(13-19)33(28,29)27-7-5-26(6-8-27)22-25-18(14-32-22)11-15-9-16(23)12-17(24)10-15/h3-4,9-10,12-14H,5-8,11H2,1-2H3. The summed E-state index contributed by atoms with van der Waals surface area (Å²) < 4.78 is 52.0. The molecule has 1 saturated heterocycles.